The van der Waals surface area contributed by atoms with Gasteiger partial charge in [0.15, 0.2) is 0 Å². The molecule has 0 fully saturated rings. The lowest BCUT2D eigenvalue weighted by Crippen LogP contribution is -2.12. The molecule has 15 heavy (non-hydrogen) atoms. The summed E-state index contributed by atoms with van der Waals surface area (Å²) in [4.78, 5) is 18.7. The summed E-state index contributed by atoms with van der Waals surface area (Å²) >= 11 is 0. The Balaban J connectivity index is 3.18. The molecule has 4 N–H and O–H groups in total. The number of aliphatic carboxylic acids is 1. The van der Waals surface area contributed by atoms with Crippen molar-refractivity contribution in [3.05, 3.63) is 11.3 Å². The molecule has 0 saturated carbocycles. The normalized spacial score (nSPS) is 10.0. The van der Waals surface area contributed by atoms with E-state index in [-0.39, 0.29) is 12.2 Å². The number of nitrogen functional groups attached to an aromatic ring is 1. The van der Waals surface area contributed by atoms with E-state index in [4.69, 9.17) is 10.8 Å². The summed E-state index contributed by atoms with van der Waals surface area (Å²) in [7, 11) is 1.69. The van der Waals surface area contributed by atoms with E-state index in [1.54, 1.807) is 7.05 Å². The first-order valence-electron chi connectivity index (χ1n) is 4.63. The monoisotopic (exact) mass is 210 g/mol. The summed E-state index contributed by atoms with van der Waals surface area (Å²) < 4.78 is 0. The Morgan fingerprint density at radius 1 is 1.53 bits per heavy atom. The highest BCUT2D eigenvalue weighted by molar-refractivity contribution is 5.72. The number of aryl methyl sites for hydroxylation is 1. The van der Waals surface area contributed by atoms with Crippen LogP contribution < -0.4 is 11.1 Å². The van der Waals surface area contributed by atoms with Gasteiger partial charge < -0.3 is 16.2 Å². The standard InChI is InChI=1S/C9H14N4O2/c1-3-6-5(4-7(14)15)8(10)13-9(11-2)12-6/h3-4H2,1-2H3,(H,14,15)(H3,10,11,12,13). The molecule has 0 saturated heterocycles. The highest BCUT2D eigenvalue weighted by Gasteiger charge is 2.13. The molecule has 1 rings (SSSR count). The summed E-state index contributed by atoms with van der Waals surface area (Å²) in [6.45, 7) is 1.90. The largest absolute Gasteiger partial charge is 0.481 e. The highest BCUT2D eigenvalue weighted by Crippen LogP contribution is 2.17. The van der Waals surface area contributed by atoms with Gasteiger partial charge in [0.1, 0.15) is 5.82 Å². The smallest absolute Gasteiger partial charge is 0.308 e. The number of nitrogens with zero attached hydrogens (tertiary/aromatic N) is 2. The van der Waals surface area contributed by atoms with Crippen molar-refractivity contribution >= 4 is 17.7 Å². The molecule has 0 aromatic carbocycles. The first kappa shape index (κ1) is 11.2. The zero-order valence-electron chi connectivity index (χ0n) is 8.74. The van der Waals surface area contributed by atoms with Crippen LogP contribution in [0.3, 0.4) is 0 Å². The summed E-state index contributed by atoms with van der Waals surface area (Å²) in [6.07, 6.45) is 0.489. The second-order valence-electron chi connectivity index (χ2n) is 3.03. The second-order valence-corrected chi connectivity index (χ2v) is 3.03. The molecule has 0 radical (unpaired) electrons. The van der Waals surface area contributed by atoms with Crippen molar-refractivity contribution in [3.8, 4) is 0 Å². The van der Waals surface area contributed by atoms with Gasteiger partial charge >= 0.3 is 5.97 Å². The molecule has 0 spiro atoms. The minimum absolute atomic E-state index is 0.140. The third-order valence-corrected chi connectivity index (χ3v) is 2.01. The van der Waals surface area contributed by atoms with Crippen LogP contribution in [0.4, 0.5) is 11.8 Å². The lowest BCUT2D eigenvalue weighted by molar-refractivity contribution is -0.136. The summed E-state index contributed by atoms with van der Waals surface area (Å²) in [6, 6.07) is 0. The van der Waals surface area contributed by atoms with Gasteiger partial charge in [-0.2, -0.15) is 4.98 Å². The molecule has 0 atom stereocenters. The van der Waals surface area contributed by atoms with Crippen molar-refractivity contribution in [1.82, 2.24) is 9.97 Å². The fourth-order valence-electron chi connectivity index (χ4n) is 1.30. The summed E-state index contributed by atoms with van der Waals surface area (Å²) in [5, 5.41) is 11.5. The number of anilines is 2. The van der Waals surface area contributed by atoms with Gasteiger partial charge in [-0.25, -0.2) is 4.98 Å². The molecular formula is C9H14N4O2. The van der Waals surface area contributed by atoms with E-state index in [2.05, 4.69) is 15.3 Å². The van der Waals surface area contributed by atoms with Crippen LogP contribution in [0.25, 0.3) is 0 Å². The molecule has 1 aromatic heterocycles. The van der Waals surface area contributed by atoms with Crippen molar-refractivity contribution in [2.45, 2.75) is 19.8 Å². The molecule has 0 aliphatic rings. The van der Waals surface area contributed by atoms with E-state index in [0.29, 0.717) is 23.6 Å². The third-order valence-electron chi connectivity index (χ3n) is 2.01. The van der Waals surface area contributed by atoms with E-state index in [0.717, 1.165) is 0 Å². The van der Waals surface area contributed by atoms with Gasteiger partial charge in [0, 0.05) is 12.6 Å². The lowest BCUT2D eigenvalue weighted by Gasteiger charge is -2.09. The van der Waals surface area contributed by atoms with E-state index in [1.165, 1.54) is 0 Å². The average Bonchev–Trinajstić information content (AvgIpc) is 2.20. The number of nitrogens with one attached hydrogen (secondary N) is 1. The van der Waals surface area contributed by atoms with Gasteiger partial charge in [-0.3, -0.25) is 4.79 Å². The molecular weight excluding hydrogens is 196 g/mol. The lowest BCUT2D eigenvalue weighted by atomic mass is 10.1. The SMILES string of the molecule is CCc1nc(NC)nc(N)c1CC(=O)O. The van der Waals surface area contributed by atoms with E-state index >= 15 is 0 Å². The molecule has 0 unspecified atom stereocenters. The van der Waals surface area contributed by atoms with Crippen molar-refractivity contribution in [2.75, 3.05) is 18.1 Å². The van der Waals surface area contributed by atoms with Crippen LogP contribution in [0.1, 0.15) is 18.2 Å². The van der Waals surface area contributed by atoms with Gasteiger partial charge in [-0.15, -0.1) is 0 Å². The maximum atomic E-state index is 10.6. The van der Waals surface area contributed by atoms with Gasteiger partial charge in [0.2, 0.25) is 5.95 Å². The fourth-order valence-corrected chi connectivity index (χ4v) is 1.30. The quantitative estimate of drug-likeness (QED) is 0.660. The number of carbonyl (C=O) groups is 1. The molecule has 6 heteroatoms. The Hall–Kier alpha value is -1.85. The highest BCUT2D eigenvalue weighted by atomic mass is 16.4. The first-order chi connectivity index (χ1) is 7.08. The molecule has 0 aliphatic heterocycles. The van der Waals surface area contributed by atoms with Gasteiger partial charge in [-0.05, 0) is 6.42 Å². The van der Waals surface area contributed by atoms with E-state index in [9.17, 15) is 4.79 Å². The summed E-state index contributed by atoms with van der Waals surface area (Å²) in [5.41, 5.74) is 6.85. The summed E-state index contributed by atoms with van der Waals surface area (Å²) in [5.74, 6) is -0.288. The molecule has 0 aliphatic carbocycles. The fraction of sp³-hybridized carbons (Fsp3) is 0.444. The van der Waals surface area contributed by atoms with Gasteiger partial charge in [0.25, 0.3) is 0 Å². The Bertz CT molecular complexity index is 379. The number of aromatic nitrogens is 2. The van der Waals surface area contributed by atoms with Crippen LogP contribution in [0, 0.1) is 0 Å². The van der Waals surface area contributed by atoms with Crippen LogP contribution in [0.5, 0.6) is 0 Å². The molecule has 1 aromatic rings. The number of hydrogen-bond acceptors (Lipinski definition) is 5. The van der Waals surface area contributed by atoms with Crippen LogP contribution in [0.15, 0.2) is 0 Å². The average molecular weight is 210 g/mol. The molecule has 82 valence electrons. The minimum atomic E-state index is -0.933. The number of hydrogen-bond donors (Lipinski definition) is 3. The van der Waals surface area contributed by atoms with E-state index < -0.39 is 5.97 Å². The predicted octanol–water partition coefficient (Wildman–Crippen LogP) is 0.290. The second kappa shape index (κ2) is 4.59. The van der Waals surface area contributed by atoms with Crippen molar-refractivity contribution in [3.63, 3.8) is 0 Å². The Labute approximate surface area is 87.5 Å². The van der Waals surface area contributed by atoms with Crippen LogP contribution in [-0.2, 0) is 17.6 Å². The van der Waals surface area contributed by atoms with Gasteiger partial charge in [0.05, 0.1) is 12.1 Å². The Morgan fingerprint density at radius 3 is 2.67 bits per heavy atom. The van der Waals surface area contributed by atoms with Crippen molar-refractivity contribution in [2.24, 2.45) is 0 Å². The van der Waals surface area contributed by atoms with Crippen LogP contribution in [-0.4, -0.2) is 28.1 Å². The van der Waals surface area contributed by atoms with Gasteiger partial charge in [-0.1, -0.05) is 6.92 Å². The Morgan fingerprint density at radius 2 is 2.20 bits per heavy atom. The number of carboxylic acids is 1. The molecule has 0 bridgehead atoms. The van der Waals surface area contributed by atoms with Crippen molar-refractivity contribution < 1.29 is 9.90 Å². The zero-order valence-corrected chi connectivity index (χ0v) is 8.74. The zero-order chi connectivity index (χ0) is 11.4. The predicted molar refractivity (Wildman–Crippen MR) is 56.7 cm³/mol. The van der Waals surface area contributed by atoms with E-state index in [1.807, 2.05) is 6.92 Å². The molecule has 0 amide bonds. The number of carboxylic acid groups (broad SMARTS) is 1. The maximum Gasteiger partial charge on any atom is 0.308 e. The first-order valence-corrected chi connectivity index (χ1v) is 4.63. The van der Waals surface area contributed by atoms with Crippen LogP contribution >= 0.6 is 0 Å². The minimum Gasteiger partial charge on any atom is -0.481 e. The van der Waals surface area contributed by atoms with Crippen molar-refractivity contribution in [1.29, 1.82) is 0 Å². The number of rotatable bonds is 4. The van der Waals surface area contributed by atoms with Crippen LogP contribution in [0.2, 0.25) is 0 Å². The molecule has 1 heterocycles. The third kappa shape index (κ3) is 2.55. The topological polar surface area (TPSA) is 101 Å². The maximum absolute atomic E-state index is 10.6. The molecule has 6 nitrogen and oxygen atoms in total. The number of nitrogens with two attached hydrogens (primary N) is 1. The Kier molecular flexibility index (Phi) is 3.43.